The van der Waals surface area contributed by atoms with Gasteiger partial charge in [0.25, 0.3) is 0 Å². The van der Waals surface area contributed by atoms with E-state index >= 15 is 0 Å². The first-order valence-corrected chi connectivity index (χ1v) is 11.8. The molecule has 4 aromatic rings. The third-order valence-electron chi connectivity index (χ3n) is 5.23. The number of pyridine rings is 1. The number of fused-ring (bicyclic) bond motifs is 1. The molecule has 4 rings (SSSR count). The fourth-order valence-corrected chi connectivity index (χ4v) is 3.96. The molecule has 1 amide bonds. The highest BCUT2D eigenvalue weighted by Gasteiger charge is 2.14. The summed E-state index contributed by atoms with van der Waals surface area (Å²) in [7, 11) is 1.46. The second-order valence-electron chi connectivity index (χ2n) is 7.88. The van der Waals surface area contributed by atoms with E-state index in [4.69, 9.17) is 27.9 Å². The number of amides is 1. The molecule has 10 nitrogen and oxygen atoms in total. The number of ether oxygens (including phenoxy) is 1. The van der Waals surface area contributed by atoms with Crippen molar-refractivity contribution in [2.24, 2.45) is 0 Å². The highest BCUT2D eigenvalue weighted by molar-refractivity contribution is 6.36. The fraction of sp³-hybridized carbons (Fsp3) is 0.208. The van der Waals surface area contributed by atoms with Crippen molar-refractivity contribution in [1.82, 2.24) is 25.3 Å². The number of halogens is 3. The molecular weight excluding hydrogens is 522 g/mol. The Morgan fingerprint density at radius 2 is 2.03 bits per heavy atom. The first kappa shape index (κ1) is 26.1. The molecule has 2 aromatic heterocycles. The van der Waals surface area contributed by atoms with Gasteiger partial charge in [0.15, 0.2) is 0 Å². The SMILES string of the molecule is COCC(=O)NCCn1cc(CNc2cc(Cl)c3ncc(C#N)c(Nc4ccc(F)c(Cl)c4)c3c2)nn1. The van der Waals surface area contributed by atoms with Crippen LogP contribution in [0.15, 0.2) is 42.7 Å². The lowest BCUT2D eigenvalue weighted by atomic mass is 10.1. The maximum absolute atomic E-state index is 13.6. The van der Waals surface area contributed by atoms with Crippen LogP contribution in [-0.4, -0.2) is 46.1 Å². The van der Waals surface area contributed by atoms with Crippen LogP contribution in [0, 0.1) is 17.1 Å². The van der Waals surface area contributed by atoms with E-state index in [9.17, 15) is 14.4 Å². The average Bonchev–Trinajstić information content (AvgIpc) is 3.33. The van der Waals surface area contributed by atoms with Crippen LogP contribution in [0.2, 0.25) is 10.0 Å². The first-order valence-electron chi connectivity index (χ1n) is 11.0. The Morgan fingerprint density at radius 3 is 2.78 bits per heavy atom. The third-order valence-corrected chi connectivity index (χ3v) is 5.81. The number of rotatable bonds is 10. The number of methoxy groups -OCH3 is 1. The molecule has 0 bridgehead atoms. The van der Waals surface area contributed by atoms with Crippen molar-refractivity contribution in [3.05, 3.63) is 69.8 Å². The van der Waals surface area contributed by atoms with Crippen molar-refractivity contribution in [3.8, 4) is 6.07 Å². The van der Waals surface area contributed by atoms with Crippen molar-refractivity contribution in [2.75, 3.05) is 30.9 Å². The van der Waals surface area contributed by atoms with Crippen LogP contribution in [0.4, 0.5) is 21.5 Å². The minimum absolute atomic E-state index is 0.00110. The molecule has 0 unspecified atom stereocenters. The van der Waals surface area contributed by atoms with Gasteiger partial charge in [-0.2, -0.15) is 5.26 Å². The summed E-state index contributed by atoms with van der Waals surface area (Å²) in [5.41, 5.74) is 3.06. The van der Waals surface area contributed by atoms with Crippen LogP contribution in [0.5, 0.6) is 0 Å². The minimum atomic E-state index is -0.547. The summed E-state index contributed by atoms with van der Waals surface area (Å²) in [5, 5.41) is 27.9. The zero-order valence-electron chi connectivity index (χ0n) is 19.6. The average molecular weight is 543 g/mol. The molecule has 0 spiro atoms. The summed E-state index contributed by atoms with van der Waals surface area (Å²) in [4.78, 5) is 15.8. The predicted octanol–water partition coefficient (Wildman–Crippen LogP) is 4.26. The highest BCUT2D eigenvalue weighted by Crippen LogP contribution is 2.35. The molecule has 2 heterocycles. The molecule has 0 aliphatic heterocycles. The van der Waals surface area contributed by atoms with E-state index in [1.165, 1.54) is 31.5 Å². The Kier molecular flexibility index (Phi) is 8.35. The van der Waals surface area contributed by atoms with Crippen LogP contribution in [-0.2, 0) is 22.6 Å². The zero-order valence-corrected chi connectivity index (χ0v) is 21.1. The highest BCUT2D eigenvalue weighted by atomic mass is 35.5. The van der Waals surface area contributed by atoms with E-state index < -0.39 is 5.82 Å². The number of aromatic nitrogens is 4. The normalized spacial score (nSPS) is 10.8. The lowest BCUT2D eigenvalue weighted by molar-refractivity contribution is -0.124. The summed E-state index contributed by atoms with van der Waals surface area (Å²) in [6, 6.07) is 9.82. The van der Waals surface area contributed by atoms with Crippen LogP contribution < -0.4 is 16.0 Å². The van der Waals surface area contributed by atoms with Gasteiger partial charge in [0.1, 0.15) is 24.2 Å². The number of nitrogens with zero attached hydrogens (tertiary/aromatic N) is 5. The summed E-state index contributed by atoms with van der Waals surface area (Å²) in [5.74, 6) is -0.752. The zero-order chi connectivity index (χ0) is 26.4. The second-order valence-corrected chi connectivity index (χ2v) is 8.69. The largest absolute Gasteiger partial charge is 0.379 e. The molecule has 0 saturated carbocycles. The number of hydrogen-bond donors (Lipinski definition) is 3. The number of nitriles is 1. The standard InChI is InChI=1S/C24H21Cl2FN8O2/c1-37-13-22(36)29-4-5-35-12-17(33-34-35)11-30-16-6-18-23(32-15-2-3-21(27)19(25)7-15)14(9-28)10-31-24(18)20(26)8-16/h2-3,6-8,10,12,30H,4-5,11,13H2,1H3,(H,29,36)(H,31,32). The van der Waals surface area contributed by atoms with E-state index in [1.807, 2.05) is 0 Å². The molecule has 13 heteroatoms. The molecule has 3 N–H and O–H groups in total. The third kappa shape index (κ3) is 6.42. The topological polar surface area (TPSA) is 130 Å². The number of benzene rings is 2. The van der Waals surface area contributed by atoms with E-state index in [0.29, 0.717) is 58.3 Å². The number of nitrogens with one attached hydrogen (secondary N) is 3. The number of carbonyl (C=O) groups excluding carboxylic acids is 1. The predicted molar refractivity (Wildman–Crippen MR) is 138 cm³/mol. The Bertz CT molecular complexity index is 1490. The Balaban J connectivity index is 1.52. The van der Waals surface area contributed by atoms with Gasteiger partial charge < -0.3 is 20.7 Å². The first-order chi connectivity index (χ1) is 17.9. The van der Waals surface area contributed by atoms with E-state index in [0.717, 1.165) is 0 Å². The van der Waals surface area contributed by atoms with E-state index in [1.54, 1.807) is 23.0 Å². The molecule has 190 valence electrons. The van der Waals surface area contributed by atoms with Gasteiger partial charge in [-0.3, -0.25) is 14.5 Å². The molecule has 0 aliphatic rings. The maximum Gasteiger partial charge on any atom is 0.246 e. The molecule has 37 heavy (non-hydrogen) atoms. The van der Waals surface area contributed by atoms with Crippen LogP contribution in [0.25, 0.3) is 10.9 Å². The van der Waals surface area contributed by atoms with Gasteiger partial charge >= 0.3 is 0 Å². The molecule has 2 aromatic carbocycles. The van der Waals surface area contributed by atoms with Crippen molar-refractivity contribution in [2.45, 2.75) is 13.1 Å². The van der Waals surface area contributed by atoms with Crippen LogP contribution in [0.3, 0.4) is 0 Å². The molecule has 0 fully saturated rings. The second kappa shape index (κ2) is 11.8. The molecule has 0 saturated heterocycles. The van der Waals surface area contributed by atoms with Gasteiger partial charge in [0, 0.05) is 36.6 Å². The van der Waals surface area contributed by atoms with Crippen molar-refractivity contribution in [3.63, 3.8) is 0 Å². The van der Waals surface area contributed by atoms with Crippen molar-refractivity contribution >= 4 is 57.1 Å². The number of hydrogen-bond acceptors (Lipinski definition) is 8. The molecule has 0 aliphatic carbocycles. The fourth-order valence-electron chi connectivity index (χ4n) is 3.51. The monoisotopic (exact) mass is 542 g/mol. The number of carbonyl (C=O) groups is 1. The van der Waals surface area contributed by atoms with Crippen molar-refractivity contribution < 1.29 is 13.9 Å². The summed E-state index contributed by atoms with van der Waals surface area (Å²) in [6.45, 7) is 1.19. The molecular formula is C24H21Cl2FN8O2. The Labute approximate surface area is 221 Å². The smallest absolute Gasteiger partial charge is 0.246 e. The lowest BCUT2D eigenvalue weighted by Crippen LogP contribution is -2.30. The molecule has 0 atom stereocenters. The van der Waals surface area contributed by atoms with Gasteiger partial charge in [-0.1, -0.05) is 28.4 Å². The molecule has 0 radical (unpaired) electrons. The number of anilines is 3. The Morgan fingerprint density at radius 1 is 1.22 bits per heavy atom. The van der Waals surface area contributed by atoms with Crippen LogP contribution in [0.1, 0.15) is 11.3 Å². The van der Waals surface area contributed by atoms with Gasteiger partial charge in [-0.05, 0) is 30.3 Å². The van der Waals surface area contributed by atoms with Crippen LogP contribution >= 0.6 is 23.2 Å². The minimum Gasteiger partial charge on any atom is -0.379 e. The van der Waals surface area contributed by atoms with Gasteiger partial charge in [0.2, 0.25) is 5.91 Å². The maximum atomic E-state index is 13.6. The Hall–Kier alpha value is -3.98. The van der Waals surface area contributed by atoms with E-state index in [2.05, 4.69) is 37.3 Å². The van der Waals surface area contributed by atoms with Gasteiger partial charge in [-0.15, -0.1) is 5.10 Å². The quantitative estimate of drug-likeness (QED) is 0.271. The van der Waals surface area contributed by atoms with E-state index in [-0.39, 0.29) is 23.1 Å². The van der Waals surface area contributed by atoms with Gasteiger partial charge in [-0.25, -0.2) is 4.39 Å². The van der Waals surface area contributed by atoms with Gasteiger partial charge in [0.05, 0.1) is 46.1 Å². The summed E-state index contributed by atoms with van der Waals surface area (Å²) < 4.78 is 20.0. The summed E-state index contributed by atoms with van der Waals surface area (Å²) in [6.07, 6.45) is 3.18. The van der Waals surface area contributed by atoms with Crippen molar-refractivity contribution in [1.29, 1.82) is 5.26 Å². The summed E-state index contributed by atoms with van der Waals surface area (Å²) >= 11 is 12.4. The lowest BCUT2D eigenvalue weighted by Gasteiger charge is -2.14.